The van der Waals surface area contributed by atoms with Crippen LogP contribution in [-0.4, -0.2) is 9.97 Å². The third kappa shape index (κ3) is 1.35. The lowest BCUT2D eigenvalue weighted by molar-refractivity contribution is 1.30. The average molecular weight is 248 g/mol. The predicted octanol–water partition coefficient (Wildman–Crippen LogP) is 3.47. The largest absolute Gasteiger partial charge is 0.359 e. The maximum absolute atomic E-state index is 12.7. The van der Waals surface area contributed by atoms with Gasteiger partial charge in [0.1, 0.15) is 0 Å². The van der Waals surface area contributed by atoms with Gasteiger partial charge in [-0.2, -0.15) is 0 Å². The van der Waals surface area contributed by atoms with Crippen molar-refractivity contribution in [2.45, 2.75) is 6.92 Å². The molecule has 0 atom stereocenters. The van der Waals surface area contributed by atoms with E-state index in [9.17, 15) is 4.79 Å². The molecule has 92 valence electrons. The lowest BCUT2D eigenvalue weighted by Crippen LogP contribution is -2.04. The van der Waals surface area contributed by atoms with Gasteiger partial charge in [0.2, 0.25) is 0 Å². The molecule has 0 spiro atoms. The molecule has 0 saturated carbocycles. The van der Waals surface area contributed by atoms with E-state index in [-0.39, 0.29) is 5.43 Å². The van der Waals surface area contributed by atoms with Crippen LogP contribution < -0.4 is 5.43 Å². The summed E-state index contributed by atoms with van der Waals surface area (Å²) in [5.74, 6) is 0. The maximum atomic E-state index is 12.7. The van der Waals surface area contributed by atoms with E-state index in [1.54, 1.807) is 0 Å². The Morgan fingerprint density at radius 2 is 1.58 bits per heavy atom. The first-order valence-corrected chi connectivity index (χ1v) is 6.27. The normalized spacial score (nSPS) is 11.6. The number of H-pyrrole nitrogens is 2. The molecule has 19 heavy (non-hydrogen) atoms. The number of aryl methyl sites for hydroxylation is 1. The lowest BCUT2D eigenvalue weighted by atomic mass is 10.1. The Labute approximate surface area is 108 Å². The van der Waals surface area contributed by atoms with Gasteiger partial charge in [0, 0.05) is 27.5 Å². The zero-order chi connectivity index (χ0) is 13.0. The van der Waals surface area contributed by atoms with Crippen LogP contribution >= 0.6 is 0 Å². The highest BCUT2D eigenvalue weighted by Crippen LogP contribution is 2.24. The van der Waals surface area contributed by atoms with E-state index in [4.69, 9.17) is 0 Å². The van der Waals surface area contributed by atoms with Crippen LogP contribution in [-0.2, 0) is 0 Å². The minimum atomic E-state index is 0.0916. The smallest absolute Gasteiger partial charge is 0.197 e. The van der Waals surface area contributed by atoms with Gasteiger partial charge in [-0.3, -0.25) is 4.79 Å². The van der Waals surface area contributed by atoms with Crippen LogP contribution in [0.1, 0.15) is 5.69 Å². The maximum Gasteiger partial charge on any atom is 0.197 e. The molecule has 2 aromatic heterocycles. The van der Waals surface area contributed by atoms with Crippen LogP contribution in [0.15, 0.2) is 47.3 Å². The monoisotopic (exact) mass is 248 g/mol. The average Bonchev–Trinajstić information content (AvgIpc) is 2.79. The Balaban J connectivity index is 2.36. The number of aromatic nitrogens is 2. The van der Waals surface area contributed by atoms with E-state index in [1.165, 1.54) is 0 Å². The minimum Gasteiger partial charge on any atom is -0.359 e. The van der Waals surface area contributed by atoms with Crippen molar-refractivity contribution >= 4 is 32.7 Å². The van der Waals surface area contributed by atoms with Gasteiger partial charge >= 0.3 is 0 Å². The van der Waals surface area contributed by atoms with E-state index in [1.807, 2.05) is 49.4 Å². The highest BCUT2D eigenvalue weighted by atomic mass is 16.1. The third-order valence-electron chi connectivity index (χ3n) is 3.61. The number of hydrogen-bond donors (Lipinski definition) is 2. The van der Waals surface area contributed by atoms with E-state index in [0.717, 1.165) is 38.4 Å². The molecule has 2 N–H and O–H groups in total. The van der Waals surface area contributed by atoms with Crippen molar-refractivity contribution in [3.63, 3.8) is 0 Å². The molecule has 3 heteroatoms. The quantitative estimate of drug-likeness (QED) is 0.460. The molecular weight excluding hydrogens is 236 g/mol. The minimum absolute atomic E-state index is 0.0916. The van der Waals surface area contributed by atoms with Crippen LogP contribution in [0.3, 0.4) is 0 Å². The van der Waals surface area contributed by atoms with Gasteiger partial charge in [0.15, 0.2) is 5.43 Å². The van der Waals surface area contributed by atoms with E-state index >= 15 is 0 Å². The van der Waals surface area contributed by atoms with E-state index in [0.29, 0.717) is 0 Å². The van der Waals surface area contributed by atoms with Crippen LogP contribution in [0.5, 0.6) is 0 Å². The van der Waals surface area contributed by atoms with Crippen LogP contribution in [0, 0.1) is 6.92 Å². The molecule has 0 amide bonds. The second kappa shape index (κ2) is 3.48. The molecule has 0 aliphatic carbocycles. The molecule has 0 aliphatic rings. The van der Waals surface area contributed by atoms with Crippen molar-refractivity contribution < 1.29 is 0 Å². The van der Waals surface area contributed by atoms with Gasteiger partial charge in [0.25, 0.3) is 0 Å². The van der Waals surface area contributed by atoms with Crippen LogP contribution in [0.4, 0.5) is 0 Å². The first-order chi connectivity index (χ1) is 9.24. The molecule has 0 fully saturated rings. The number of nitrogens with one attached hydrogen (secondary N) is 2. The van der Waals surface area contributed by atoms with Crippen molar-refractivity contribution in [3.05, 3.63) is 58.4 Å². The van der Waals surface area contributed by atoms with Crippen molar-refractivity contribution in [3.8, 4) is 0 Å². The number of hydrogen-bond acceptors (Lipinski definition) is 1. The number of aromatic amines is 2. The van der Waals surface area contributed by atoms with E-state index in [2.05, 4.69) is 9.97 Å². The molecule has 3 nitrogen and oxygen atoms in total. The molecule has 0 aliphatic heterocycles. The SMILES string of the molecule is Cc1cc2c(ccc3[nH]c4ccccc4c(=O)c32)[nH]1. The number of fused-ring (bicyclic) bond motifs is 4. The fourth-order valence-electron chi connectivity index (χ4n) is 2.76. The van der Waals surface area contributed by atoms with Crippen LogP contribution in [0.2, 0.25) is 0 Å². The predicted molar refractivity (Wildman–Crippen MR) is 78.7 cm³/mol. The topological polar surface area (TPSA) is 48.6 Å². The molecule has 0 radical (unpaired) electrons. The van der Waals surface area contributed by atoms with Crippen molar-refractivity contribution in [1.82, 2.24) is 9.97 Å². The van der Waals surface area contributed by atoms with Gasteiger partial charge in [-0.15, -0.1) is 0 Å². The standard InChI is InChI=1S/C16H12N2O/c1-9-8-11-13(17-9)6-7-14-15(11)16(19)10-4-2-3-5-12(10)18-14/h2-8,17H,1H3,(H,18,19). The lowest BCUT2D eigenvalue weighted by Gasteiger charge is -2.03. The third-order valence-corrected chi connectivity index (χ3v) is 3.61. The summed E-state index contributed by atoms with van der Waals surface area (Å²) in [5.41, 5.74) is 3.93. The van der Waals surface area contributed by atoms with Crippen molar-refractivity contribution in [2.75, 3.05) is 0 Å². The Kier molecular flexibility index (Phi) is 1.90. The summed E-state index contributed by atoms with van der Waals surface area (Å²) in [6.07, 6.45) is 0. The zero-order valence-corrected chi connectivity index (χ0v) is 10.4. The molecule has 4 rings (SSSR count). The number of para-hydroxylation sites is 1. The molecule has 0 bridgehead atoms. The Hall–Kier alpha value is -2.55. The highest BCUT2D eigenvalue weighted by molar-refractivity contribution is 6.08. The summed E-state index contributed by atoms with van der Waals surface area (Å²) in [5, 5.41) is 2.49. The van der Waals surface area contributed by atoms with Gasteiger partial charge in [-0.1, -0.05) is 12.1 Å². The molecule has 0 unspecified atom stereocenters. The summed E-state index contributed by atoms with van der Waals surface area (Å²) in [7, 11) is 0. The van der Waals surface area contributed by atoms with Gasteiger partial charge in [-0.25, -0.2) is 0 Å². The zero-order valence-electron chi connectivity index (χ0n) is 10.4. The summed E-state index contributed by atoms with van der Waals surface area (Å²) < 4.78 is 0. The first-order valence-electron chi connectivity index (χ1n) is 6.27. The Morgan fingerprint density at radius 1 is 0.842 bits per heavy atom. The number of benzene rings is 2. The number of rotatable bonds is 0. The fraction of sp³-hybridized carbons (Fsp3) is 0.0625. The second-order valence-corrected chi connectivity index (χ2v) is 4.90. The fourth-order valence-corrected chi connectivity index (χ4v) is 2.76. The van der Waals surface area contributed by atoms with Gasteiger partial charge in [0.05, 0.1) is 10.9 Å². The highest BCUT2D eigenvalue weighted by Gasteiger charge is 2.09. The Morgan fingerprint density at radius 3 is 2.47 bits per heavy atom. The molecule has 4 aromatic rings. The molecule has 2 aromatic carbocycles. The summed E-state index contributed by atoms with van der Waals surface area (Å²) in [6.45, 7) is 2.00. The van der Waals surface area contributed by atoms with Gasteiger partial charge in [-0.05, 0) is 37.3 Å². The van der Waals surface area contributed by atoms with Crippen molar-refractivity contribution in [1.29, 1.82) is 0 Å². The molecular formula is C16H12N2O. The summed E-state index contributed by atoms with van der Waals surface area (Å²) in [4.78, 5) is 19.3. The molecule has 2 heterocycles. The first kappa shape index (κ1) is 10.4. The summed E-state index contributed by atoms with van der Waals surface area (Å²) >= 11 is 0. The second-order valence-electron chi connectivity index (χ2n) is 4.90. The van der Waals surface area contributed by atoms with E-state index < -0.39 is 0 Å². The Bertz CT molecular complexity index is 992. The van der Waals surface area contributed by atoms with Gasteiger partial charge < -0.3 is 9.97 Å². The molecule has 0 saturated heterocycles. The van der Waals surface area contributed by atoms with Crippen LogP contribution in [0.25, 0.3) is 32.7 Å². The summed E-state index contributed by atoms with van der Waals surface area (Å²) in [6, 6.07) is 13.6. The van der Waals surface area contributed by atoms with Crippen molar-refractivity contribution in [2.24, 2.45) is 0 Å². The number of pyridine rings is 1.